The van der Waals surface area contributed by atoms with E-state index in [9.17, 15) is 10.1 Å². The van der Waals surface area contributed by atoms with Gasteiger partial charge in [0.2, 0.25) is 0 Å². The van der Waals surface area contributed by atoms with E-state index in [1.54, 1.807) is 12.1 Å². The third-order valence-corrected chi connectivity index (χ3v) is 2.83. The van der Waals surface area contributed by atoms with Gasteiger partial charge >= 0.3 is 5.69 Å². The molecule has 0 aliphatic carbocycles. The van der Waals surface area contributed by atoms with Crippen molar-refractivity contribution in [3.63, 3.8) is 0 Å². The summed E-state index contributed by atoms with van der Waals surface area (Å²) >= 11 is 0. The third-order valence-electron chi connectivity index (χ3n) is 2.83. The van der Waals surface area contributed by atoms with Crippen molar-refractivity contribution in [1.29, 1.82) is 0 Å². The largest absolute Gasteiger partial charge is 0.484 e. The minimum Gasteiger partial charge on any atom is -0.484 e. The van der Waals surface area contributed by atoms with E-state index in [4.69, 9.17) is 4.74 Å². The fraction of sp³-hybridized carbons (Fsp3) is 0.267. The zero-order valence-electron chi connectivity index (χ0n) is 11.7. The van der Waals surface area contributed by atoms with E-state index >= 15 is 0 Å². The molecular formula is C15H17N2O3+. The average Bonchev–Trinajstić information content (AvgIpc) is 2.38. The van der Waals surface area contributed by atoms with Crippen molar-refractivity contribution in [2.45, 2.75) is 20.0 Å². The standard InChI is InChI=1S/C15H17N2O3/c1-11(2)20-15-10-13(4-5-14(15)17(18)19)12-6-8-16(3)9-7-12/h4-11H,1-3H3/q+1. The summed E-state index contributed by atoms with van der Waals surface area (Å²) < 4.78 is 7.48. The monoisotopic (exact) mass is 273 g/mol. The highest BCUT2D eigenvalue weighted by atomic mass is 16.6. The van der Waals surface area contributed by atoms with E-state index in [0.717, 1.165) is 11.1 Å². The smallest absolute Gasteiger partial charge is 0.310 e. The zero-order chi connectivity index (χ0) is 14.7. The summed E-state index contributed by atoms with van der Waals surface area (Å²) in [6.45, 7) is 3.69. The van der Waals surface area contributed by atoms with Crippen LogP contribution < -0.4 is 9.30 Å². The quantitative estimate of drug-likeness (QED) is 0.489. The second-order valence-corrected chi connectivity index (χ2v) is 4.86. The first-order valence-corrected chi connectivity index (χ1v) is 6.38. The first-order chi connectivity index (χ1) is 9.47. The molecule has 0 spiro atoms. The predicted molar refractivity (Wildman–Crippen MR) is 75.5 cm³/mol. The molecule has 1 aromatic carbocycles. The summed E-state index contributed by atoms with van der Waals surface area (Å²) in [5.74, 6) is 0.302. The SMILES string of the molecule is CC(C)Oc1cc(-c2cc[n+](C)cc2)ccc1[N+](=O)[O-]. The maximum atomic E-state index is 11.0. The molecule has 0 N–H and O–H groups in total. The Hall–Kier alpha value is -2.43. The third kappa shape index (κ3) is 3.12. The predicted octanol–water partition coefficient (Wildman–Crippen LogP) is 2.87. The van der Waals surface area contributed by atoms with Crippen LogP contribution in [0.5, 0.6) is 5.75 Å². The van der Waals surface area contributed by atoms with Gasteiger partial charge in [-0.05, 0) is 37.1 Å². The lowest BCUT2D eigenvalue weighted by Gasteiger charge is -2.11. The van der Waals surface area contributed by atoms with Crippen molar-refractivity contribution in [3.05, 3.63) is 52.8 Å². The highest BCUT2D eigenvalue weighted by molar-refractivity contribution is 5.67. The van der Waals surface area contributed by atoms with Gasteiger partial charge in [-0.25, -0.2) is 4.57 Å². The van der Waals surface area contributed by atoms with E-state index < -0.39 is 4.92 Å². The second-order valence-electron chi connectivity index (χ2n) is 4.86. The van der Waals surface area contributed by atoms with E-state index in [-0.39, 0.29) is 11.8 Å². The molecule has 1 heterocycles. The molecular weight excluding hydrogens is 256 g/mol. The summed E-state index contributed by atoms with van der Waals surface area (Å²) in [5.41, 5.74) is 1.88. The van der Waals surface area contributed by atoms with Gasteiger partial charge in [0.25, 0.3) is 0 Å². The zero-order valence-corrected chi connectivity index (χ0v) is 11.7. The molecule has 1 aromatic heterocycles. The van der Waals surface area contributed by atoms with Gasteiger partial charge in [-0.15, -0.1) is 0 Å². The van der Waals surface area contributed by atoms with Crippen LogP contribution in [0.2, 0.25) is 0 Å². The molecule has 5 heteroatoms. The molecule has 2 rings (SSSR count). The Bertz CT molecular complexity index is 622. The van der Waals surface area contributed by atoms with Gasteiger partial charge in [0.05, 0.1) is 11.0 Å². The van der Waals surface area contributed by atoms with Crippen LogP contribution >= 0.6 is 0 Å². The Kier molecular flexibility index (Phi) is 3.98. The van der Waals surface area contributed by atoms with Crippen LogP contribution in [0.15, 0.2) is 42.7 Å². The molecule has 20 heavy (non-hydrogen) atoms. The fourth-order valence-corrected chi connectivity index (χ4v) is 1.89. The van der Waals surface area contributed by atoms with Crippen molar-refractivity contribution in [1.82, 2.24) is 0 Å². The van der Waals surface area contributed by atoms with Gasteiger partial charge in [-0.3, -0.25) is 10.1 Å². The van der Waals surface area contributed by atoms with Crippen LogP contribution in [-0.4, -0.2) is 11.0 Å². The molecule has 0 radical (unpaired) electrons. The number of aromatic nitrogens is 1. The summed E-state index contributed by atoms with van der Waals surface area (Å²) in [6, 6.07) is 8.86. The van der Waals surface area contributed by atoms with Gasteiger partial charge in [0, 0.05) is 18.2 Å². The number of hydrogen-bond donors (Lipinski definition) is 0. The molecule has 0 fully saturated rings. The van der Waals surface area contributed by atoms with Crippen LogP contribution in [0.25, 0.3) is 11.1 Å². The molecule has 5 nitrogen and oxygen atoms in total. The van der Waals surface area contributed by atoms with Crippen molar-refractivity contribution >= 4 is 5.69 Å². The van der Waals surface area contributed by atoms with Crippen LogP contribution in [0.4, 0.5) is 5.69 Å². The van der Waals surface area contributed by atoms with Crippen molar-refractivity contribution < 1.29 is 14.2 Å². The van der Waals surface area contributed by atoms with Crippen LogP contribution in [0.3, 0.4) is 0 Å². The second kappa shape index (κ2) is 5.69. The topological polar surface area (TPSA) is 56.2 Å². The van der Waals surface area contributed by atoms with Gasteiger partial charge in [0.1, 0.15) is 7.05 Å². The Labute approximate surface area is 117 Å². The summed E-state index contributed by atoms with van der Waals surface area (Å²) in [4.78, 5) is 10.6. The van der Waals surface area contributed by atoms with Gasteiger partial charge < -0.3 is 4.74 Å². The number of nitrogens with zero attached hydrogens (tertiary/aromatic N) is 2. The van der Waals surface area contributed by atoms with Gasteiger partial charge in [-0.2, -0.15) is 0 Å². The summed E-state index contributed by atoms with van der Waals surface area (Å²) in [5, 5.41) is 11.0. The highest BCUT2D eigenvalue weighted by Crippen LogP contribution is 2.32. The van der Waals surface area contributed by atoms with E-state index in [0.29, 0.717) is 5.75 Å². The van der Waals surface area contributed by atoms with Gasteiger partial charge in [-0.1, -0.05) is 0 Å². The minimum absolute atomic E-state index is 0.0102. The highest BCUT2D eigenvalue weighted by Gasteiger charge is 2.17. The molecule has 0 unspecified atom stereocenters. The Morgan fingerprint density at radius 1 is 1.15 bits per heavy atom. The van der Waals surface area contributed by atoms with E-state index in [1.165, 1.54) is 6.07 Å². The lowest BCUT2D eigenvalue weighted by Crippen LogP contribution is -2.25. The Morgan fingerprint density at radius 2 is 1.80 bits per heavy atom. The molecule has 0 aliphatic rings. The molecule has 0 bridgehead atoms. The number of aryl methyl sites for hydroxylation is 1. The Balaban J connectivity index is 2.45. The molecule has 0 saturated heterocycles. The first kappa shape index (κ1) is 14.0. The van der Waals surface area contributed by atoms with E-state index in [2.05, 4.69) is 0 Å². The number of pyridine rings is 1. The van der Waals surface area contributed by atoms with Gasteiger partial charge in [0.15, 0.2) is 18.1 Å². The van der Waals surface area contributed by atoms with Crippen molar-refractivity contribution in [2.24, 2.45) is 7.05 Å². The number of hydrogen-bond acceptors (Lipinski definition) is 3. The van der Waals surface area contributed by atoms with Crippen molar-refractivity contribution in [2.75, 3.05) is 0 Å². The number of ether oxygens (including phenoxy) is 1. The maximum absolute atomic E-state index is 11.0. The van der Waals surface area contributed by atoms with E-state index in [1.807, 2.05) is 50.0 Å². The first-order valence-electron chi connectivity index (χ1n) is 6.38. The maximum Gasteiger partial charge on any atom is 0.310 e. The number of rotatable bonds is 4. The van der Waals surface area contributed by atoms with Crippen LogP contribution in [0.1, 0.15) is 13.8 Å². The molecule has 0 amide bonds. The van der Waals surface area contributed by atoms with Crippen molar-refractivity contribution in [3.8, 4) is 16.9 Å². The molecule has 2 aromatic rings. The number of nitro benzene ring substituents is 1. The normalized spacial score (nSPS) is 10.6. The molecule has 0 aliphatic heterocycles. The van der Waals surface area contributed by atoms with Crippen LogP contribution in [0, 0.1) is 10.1 Å². The molecule has 0 saturated carbocycles. The average molecular weight is 273 g/mol. The minimum atomic E-state index is -0.424. The fourth-order valence-electron chi connectivity index (χ4n) is 1.89. The number of benzene rings is 1. The lowest BCUT2D eigenvalue weighted by molar-refractivity contribution is -0.671. The lowest BCUT2D eigenvalue weighted by atomic mass is 10.1. The van der Waals surface area contributed by atoms with Crippen LogP contribution in [-0.2, 0) is 7.05 Å². The number of nitro groups is 1. The summed E-state index contributed by atoms with van der Waals surface area (Å²) in [6.07, 6.45) is 3.75. The molecule has 104 valence electrons. The Morgan fingerprint density at radius 3 is 2.35 bits per heavy atom. The summed E-state index contributed by atoms with van der Waals surface area (Å²) in [7, 11) is 1.94. The molecule has 0 atom stereocenters.